The maximum Gasteiger partial charge on any atom is 0.238 e. The molecule has 0 aromatic carbocycles. The molecule has 1 atom stereocenters. The molecule has 3 aliphatic rings. The number of hydrogen-bond acceptors (Lipinski definition) is 4. The van der Waals surface area contributed by atoms with Crippen molar-refractivity contribution in [3.05, 3.63) is 0 Å². The van der Waals surface area contributed by atoms with E-state index in [-0.39, 0.29) is 17.9 Å². The van der Waals surface area contributed by atoms with Crippen LogP contribution in [0, 0.1) is 17.2 Å². The van der Waals surface area contributed by atoms with Crippen LogP contribution in [0.1, 0.15) is 71.1 Å². The second-order valence-electron chi connectivity index (χ2n) is 8.62. The SMILES string of the molecule is CC(C(=O)NC1(C#N)CCCCC1)N1CCC(C(=O)N2CCCCC2)CC1. The van der Waals surface area contributed by atoms with Gasteiger partial charge in [0, 0.05) is 19.0 Å². The van der Waals surface area contributed by atoms with Crippen molar-refractivity contribution in [1.29, 1.82) is 5.26 Å². The largest absolute Gasteiger partial charge is 0.342 e. The topological polar surface area (TPSA) is 76.4 Å². The maximum absolute atomic E-state index is 12.8. The average Bonchev–Trinajstić information content (AvgIpc) is 2.74. The molecule has 1 saturated carbocycles. The van der Waals surface area contributed by atoms with Gasteiger partial charge in [0.1, 0.15) is 5.54 Å². The minimum atomic E-state index is -0.674. The number of likely N-dealkylation sites (tertiary alicyclic amines) is 2. The monoisotopic (exact) mass is 374 g/mol. The van der Waals surface area contributed by atoms with Gasteiger partial charge >= 0.3 is 0 Å². The van der Waals surface area contributed by atoms with E-state index in [0.29, 0.717) is 5.91 Å². The Balaban J connectivity index is 1.49. The third-order valence-corrected chi connectivity index (χ3v) is 6.76. The fraction of sp³-hybridized carbons (Fsp3) is 0.857. The lowest BCUT2D eigenvalue weighted by Crippen LogP contribution is -2.56. The van der Waals surface area contributed by atoms with Crippen LogP contribution in [0.3, 0.4) is 0 Å². The van der Waals surface area contributed by atoms with E-state index in [1.54, 1.807) is 0 Å². The predicted molar refractivity (Wildman–Crippen MR) is 104 cm³/mol. The first kappa shape index (κ1) is 20.1. The van der Waals surface area contributed by atoms with Gasteiger partial charge in [-0.2, -0.15) is 5.26 Å². The number of piperidine rings is 2. The van der Waals surface area contributed by atoms with Crippen LogP contribution in [-0.4, -0.2) is 59.4 Å². The number of rotatable bonds is 4. The minimum Gasteiger partial charge on any atom is -0.342 e. The number of nitrogens with zero attached hydrogens (tertiary/aromatic N) is 3. The molecule has 150 valence electrons. The Kier molecular flexibility index (Phi) is 6.75. The van der Waals surface area contributed by atoms with Crippen molar-refractivity contribution in [3.8, 4) is 6.07 Å². The number of nitriles is 1. The Morgan fingerprint density at radius 1 is 1.00 bits per heavy atom. The highest BCUT2D eigenvalue weighted by Gasteiger charge is 2.37. The number of amides is 2. The highest BCUT2D eigenvalue weighted by Crippen LogP contribution is 2.28. The van der Waals surface area contributed by atoms with E-state index in [0.717, 1.165) is 84.0 Å². The lowest BCUT2D eigenvalue weighted by atomic mass is 9.82. The van der Waals surface area contributed by atoms with E-state index in [1.807, 2.05) is 11.8 Å². The molecule has 0 aromatic rings. The van der Waals surface area contributed by atoms with Gasteiger partial charge in [-0.25, -0.2) is 0 Å². The molecule has 3 rings (SSSR count). The lowest BCUT2D eigenvalue weighted by molar-refractivity contribution is -0.138. The van der Waals surface area contributed by atoms with E-state index in [1.165, 1.54) is 6.42 Å². The summed E-state index contributed by atoms with van der Waals surface area (Å²) in [5.74, 6) is 0.384. The molecule has 2 heterocycles. The Morgan fingerprint density at radius 2 is 1.59 bits per heavy atom. The summed E-state index contributed by atoms with van der Waals surface area (Å²) in [6.07, 6.45) is 9.82. The van der Waals surface area contributed by atoms with Crippen molar-refractivity contribution in [2.24, 2.45) is 5.92 Å². The Labute approximate surface area is 163 Å². The summed E-state index contributed by atoms with van der Waals surface area (Å²) in [6.45, 7) is 5.30. The zero-order valence-corrected chi connectivity index (χ0v) is 16.7. The second kappa shape index (κ2) is 9.05. The predicted octanol–water partition coefficient (Wildman–Crippen LogP) is 2.44. The molecule has 0 spiro atoms. The average molecular weight is 375 g/mol. The van der Waals surface area contributed by atoms with E-state index in [4.69, 9.17) is 0 Å². The standard InChI is InChI=1S/C21H34N4O2/c1-17(19(26)23-21(16-22)10-4-2-5-11-21)24-14-8-18(9-15-24)20(27)25-12-6-3-7-13-25/h17-18H,2-15H2,1H3,(H,23,26). The first-order valence-corrected chi connectivity index (χ1v) is 10.8. The van der Waals surface area contributed by atoms with Crippen molar-refractivity contribution >= 4 is 11.8 Å². The number of hydrogen-bond donors (Lipinski definition) is 1. The summed E-state index contributed by atoms with van der Waals surface area (Å²) >= 11 is 0. The molecule has 27 heavy (non-hydrogen) atoms. The first-order chi connectivity index (χ1) is 13.0. The third-order valence-electron chi connectivity index (χ3n) is 6.76. The fourth-order valence-corrected chi connectivity index (χ4v) is 4.83. The fourth-order valence-electron chi connectivity index (χ4n) is 4.83. The van der Waals surface area contributed by atoms with Crippen LogP contribution in [0.25, 0.3) is 0 Å². The van der Waals surface area contributed by atoms with Gasteiger partial charge in [-0.15, -0.1) is 0 Å². The number of carbonyl (C=O) groups is 2. The van der Waals surface area contributed by atoms with Crippen LogP contribution in [0.5, 0.6) is 0 Å². The zero-order chi connectivity index (χ0) is 19.3. The summed E-state index contributed by atoms with van der Waals surface area (Å²) in [5.41, 5.74) is -0.674. The smallest absolute Gasteiger partial charge is 0.238 e. The third kappa shape index (κ3) is 4.82. The van der Waals surface area contributed by atoms with Gasteiger partial charge in [-0.05, 0) is 65.0 Å². The minimum absolute atomic E-state index is 0.0424. The molecule has 1 N–H and O–H groups in total. The van der Waals surface area contributed by atoms with Crippen molar-refractivity contribution in [2.45, 2.75) is 82.7 Å². The van der Waals surface area contributed by atoms with Crippen LogP contribution < -0.4 is 5.32 Å². The van der Waals surface area contributed by atoms with E-state index >= 15 is 0 Å². The number of nitrogens with one attached hydrogen (secondary N) is 1. The summed E-state index contributed by atoms with van der Waals surface area (Å²) in [6, 6.07) is 2.12. The zero-order valence-electron chi connectivity index (χ0n) is 16.7. The van der Waals surface area contributed by atoms with Gasteiger partial charge in [0.15, 0.2) is 0 Å². The Bertz CT molecular complexity index is 565. The molecule has 0 aromatic heterocycles. The van der Waals surface area contributed by atoms with Gasteiger partial charge in [0.25, 0.3) is 0 Å². The molecule has 6 nitrogen and oxygen atoms in total. The first-order valence-electron chi connectivity index (χ1n) is 10.8. The van der Waals surface area contributed by atoms with Crippen molar-refractivity contribution < 1.29 is 9.59 Å². The molecule has 0 radical (unpaired) electrons. The maximum atomic E-state index is 12.8. The van der Waals surface area contributed by atoms with E-state index in [9.17, 15) is 14.9 Å². The highest BCUT2D eigenvalue weighted by molar-refractivity contribution is 5.82. The molecule has 1 aliphatic carbocycles. The van der Waals surface area contributed by atoms with Gasteiger partial charge in [0.05, 0.1) is 12.1 Å². The molecule has 6 heteroatoms. The molecule has 2 aliphatic heterocycles. The van der Waals surface area contributed by atoms with Crippen LogP contribution in [0.2, 0.25) is 0 Å². The van der Waals surface area contributed by atoms with Crippen LogP contribution >= 0.6 is 0 Å². The van der Waals surface area contributed by atoms with Gasteiger partial charge in [0.2, 0.25) is 11.8 Å². The summed E-state index contributed by atoms with van der Waals surface area (Å²) < 4.78 is 0. The summed E-state index contributed by atoms with van der Waals surface area (Å²) in [4.78, 5) is 29.7. The van der Waals surface area contributed by atoms with Crippen molar-refractivity contribution in [2.75, 3.05) is 26.2 Å². The Morgan fingerprint density at radius 3 is 2.19 bits per heavy atom. The molecular weight excluding hydrogens is 340 g/mol. The molecule has 2 amide bonds. The van der Waals surface area contributed by atoms with E-state index < -0.39 is 5.54 Å². The molecule has 1 unspecified atom stereocenters. The van der Waals surface area contributed by atoms with Crippen LogP contribution in [0.4, 0.5) is 0 Å². The molecule has 2 saturated heterocycles. The van der Waals surface area contributed by atoms with Crippen molar-refractivity contribution in [3.63, 3.8) is 0 Å². The van der Waals surface area contributed by atoms with Gasteiger partial charge in [-0.1, -0.05) is 19.3 Å². The number of carbonyl (C=O) groups excluding carboxylic acids is 2. The quantitative estimate of drug-likeness (QED) is 0.820. The van der Waals surface area contributed by atoms with Gasteiger partial charge < -0.3 is 10.2 Å². The molecule has 3 fully saturated rings. The normalized spacial score (nSPS) is 25.4. The Hall–Kier alpha value is -1.61. The van der Waals surface area contributed by atoms with Crippen LogP contribution in [0.15, 0.2) is 0 Å². The summed E-state index contributed by atoms with van der Waals surface area (Å²) in [5, 5.41) is 12.6. The van der Waals surface area contributed by atoms with Crippen LogP contribution in [-0.2, 0) is 9.59 Å². The molecular formula is C21H34N4O2. The second-order valence-corrected chi connectivity index (χ2v) is 8.62. The van der Waals surface area contributed by atoms with Crippen molar-refractivity contribution in [1.82, 2.24) is 15.1 Å². The van der Waals surface area contributed by atoms with E-state index in [2.05, 4.69) is 16.3 Å². The molecule has 0 bridgehead atoms. The summed E-state index contributed by atoms with van der Waals surface area (Å²) in [7, 11) is 0. The lowest BCUT2D eigenvalue weighted by Gasteiger charge is -2.39. The van der Waals surface area contributed by atoms with Gasteiger partial charge in [-0.3, -0.25) is 14.5 Å². The highest BCUT2D eigenvalue weighted by atomic mass is 16.2.